The van der Waals surface area contributed by atoms with E-state index in [1.54, 1.807) is 0 Å². The lowest BCUT2D eigenvalue weighted by molar-refractivity contribution is -0.0522. The maximum Gasteiger partial charge on any atom is 0.0777 e. The van der Waals surface area contributed by atoms with E-state index in [0.717, 1.165) is 25.9 Å². The summed E-state index contributed by atoms with van der Waals surface area (Å²) in [7, 11) is 1.82. The topological polar surface area (TPSA) is 32.7 Å². The first-order chi connectivity index (χ1) is 8.13. The van der Waals surface area contributed by atoms with E-state index in [4.69, 9.17) is 4.74 Å². The average molecular weight is 241 g/mol. The molecule has 0 bridgehead atoms. The molecule has 2 rings (SSSR count). The lowest BCUT2D eigenvalue weighted by Gasteiger charge is -2.39. The number of aliphatic hydroxyl groups excluding tert-OH is 1. The van der Waals surface area contributed by atoms with Gasteiger partial charge in [0, 0.05) is 13.7 Å². The van der Waals surface area contributed by atoms with Crippen molar-refractivity contribution in [1.29, 1.82) is 0 Å². The van der Waals surface area contributed by atoms with Crippen LogP contribution < -0.4 is 0 Å². The van der Waals surface area contributed by atoms with Gasteiger partial charge in [0.05, 0.1) is 11.7 Å². The van der Waals surface area contributed by atoms with Gasteiger partial charge in [0.1, 0.15) is 0 Å². The number of rotatable bonds is 4. The highest BCUT2D eigenvalue weighted by atomic mass is 16.5. The SMILES string of the molecule is COC1(C)CCCN(CCC2CCCC2O)C1. The molecule has 3 heteroatoms. The molecule has 0 amide bonds. The van der Waals surface area contributed by atoms with Crippen molar-refractivity contribution in [2.75, 3.05) is 26.7 Å². The summed E-state index contributed by atoms with van der Waals surface area (Å²) in [6.45, 7) is 5.58. The Morgan fingerprint density at radius 1 is 1.35 bits per heavy atom. The van der Waals surface area contributed by atoms with Gasteiger partial charge in [-0.3, -0.25) is 0 Å². The smallest absolute Gasteiger partial charge is 0.0777 e. The van der Waals surface area contributed by atoms with Crippen molar-refractivity contribution in [3.8, 4) is 0 Å². The molecule has 3 atom stereocenters. The van der Waals surface area contributed by atoms with Crippen molar-refractivity contribution >= 4 is 0 Å². The molecule has 1 aliphatic heterocycles. The Bertz CT molecular complexity index is 246. The zero-order valence-electron chi connectivity index (χ0n) is 11.3. The summed E-state index contributed by atoms with van der Waals surface area (Å²) in [4.78, 5) is 2.51. The Hall–Kier alpha value is -0.120. The molecule has 1 saturated carbocycles. The van der Waals surface area contributed by atoms with Crippen LogP contribution in [0.15, 0.2) is 0 Å². The van der Waals surface area contributed by atoms with E-state index in [9.17, 15) is 5.11 Å². The zero-order valence-corrected chi connectivity index (χ0v) is 11.3. The summed E-state index contributed by atoms with van der Waals surface area (Å²) in [5.41, 5.74) is 0.0482. The van der Waals surface area contributed by atoms with E-state index in [1.807, 2.05) is 7.11 Å². The standard InChI is InChI=1S/C14H27NO2/c1-14(17-2)8-4-9-15(11-14)10-7-12-5-3-6-13(12)16/h12-13,16H,3-11H2,1-2H3. The largest absolute Gasteiger partial charge is 0.393 e. The molecule has 17 heavy (non-hydrogen) atoms. The number of aliphatic hydroxyl groups is 1. The van der Waals surface area contributed by atoms with Crippen molar-refractivity contribution in [2.24, 2.45) is 5.92 Å². The zero-order chi connectivity index (χ0) is 12.3. The van der Waals surface area contributed by atoms with E-state index >= 15 is 0 Å². The van der Waals surface area contributed by atoms with Gasteiger partial charge in [0.15, 0.2) is 0 Å². The van der Waals surface area contributed by atoms with Crippen LogP contribution in [0.3, 0.4) is 0 Å². The first-order valence-electron chi connectivity index (χ1n) is 7.08. The summed E-state index contributed by atoms with van der Waals surface area (Å²) in [6, 6.07) is 0. The molecule has 2 aliphatic rings. The van der Waals surface area contributed by atoms with Crippen molar-refractivity contribution < 1.29 is 9.84 Å². The summed E-state index contributed by atoms with van der Waals surface area (Å²) in [5, 5.41) is 9.82. The predicted molar refractivity (Wildman–Crippen MR) is 69.1 cm³/mol. The fourth-order valence-electron chi connectivity index (χ4n) is 3.37. The quantitative estimate of drug-likeness (QED) is 0.817. The van der Waals surface area contributed by atoms with Crippen LogP contribution in [0, 0.1) is 5.92 Å². The molecule has 3 nitrogen and oxygen atoms in total. The van der Waals surface area contributed by atoms with Crippen molar-refractivity contribution in [1.82, 2.24) is 4.90 Å². The number of hydrogen-bond donors (Lipinski definition) is 1. The molecule has 1 aliphatic carbocycles. The minimum Gasteiger partial charge on any atom is -0.393 e. The van der Waals surface area contributed by atoms with Gasteiger partial charge >= 0.3 is 0 Å². The molecule has 100 valence electrons. The molecule has 0 aromatic heterocycles. The molecule has 0 spiro atoms. The van der Waals surface area contributed by atoms with Crippen LogP contribution in [0.25, 0.3) is 0 Å². The Balaban J connectivity index is 1.75. The summed E-state index contributed by atoms with van der Waals surface area (Å²) in [5.74, 6) is 0.547. The van der Waals surface area contributed by atoms with Crippen molar-refractivity contribution in [3.05, 3.63) is 0 Å². The van der Waals surface area contributed by atoms with Gasteiger partial charge in [-0.05, 0) is 58.0 Å². The predicted octanol–water partition coefficient (Wildman–Crippen LogP) is 2.04. The minimum atomic E-state index is -0.0337. The summed E-state index contributed by atoms with van der Waals surface area (Å²) < 4.78 is 5.61. The van der Waals surface area contributed by atoms with E-state index in [2.05, 4.69) is 11.8 Å². The third kappa shape index (κ3) is 3.43. The Morgan fingerprint density at radius 3 is 2.82 bits per heavy atom. The maximum atomic E-state index is 9.82. The fourth-order valence-corrected chi connectivity index (χ4v) is 3.37. The summed E-state index contributed by atoms with van der Waals surface area (Å²) >= 11 is 0. The van der Waals surface area contributed by atoms with Crippen molar-refractivity contribution in [2.45, 2.75) is 57.2 Å². The second-order valence-electron chi connectivity index (χ2n) is 6.08. The van der Waals surface area contributed by atoms with Crippen LogP contribution in [0.4, 0.5) is 0 Å². The molecule has 1 heterocycles. The maximum absolute atomic E-state index is 9.82. The first kappa shape index (κ1) is 13.3. The molecule has 0 aromatic rings. The van der Waals surface area contributed by atoms with E-state index in [-0.39, 0.29) is 11.7 Å². The lowest BCUT2D eigenvalue weighted by atomic mass is 9.93. The van der Waals surface area contributed by atoms with Crippen molar-refractivity contribution in [3.63, 3.8) is 0 Å². The highest BCUT2D eigenvalue weighted by Crippen LogP contribution is 2.30. The van der Waals surface area contributed by atoms with Crippen LogP contribution in [0.2, 0.25) is 0 Å². The van der Waals surface area contributed by atoms with Crippen LogP contribution in [0.1, 0.15) is 45.4 Å². The van der Waals surface area contributed by atoms with E-state index in [1.165, 1.54) is 32.2 Å². The van der Waals surface area contributed by atoms with Gasteiger partial charge in [-0.2, -0.15) is 0 Å². The molecule has 1 N–H and O–H groups in total. The van der Waals surface area contributed by atoms with Crippen LogP contribution >= 0.6 is 0 Å². The number of methoxy groups -OCH3 is 1. The minimum absolute atomic E-state index is 0.0337. The monoisotopic (exact) mass is 241 g/mol. The Labute approximate surface area is 105 Å². The third-order valence-corrected chi connectivity index (χ3v) is 4.67. The lowest BCUT2D eigenvalue weighted by Crippen LogP contribution is -2.47. The van der Waals surface area contributed by atoms with Gasteiger partial charge < -0.3 is 14.7 Å². The van der Waals surface area contributed by atoms with E-state index < -0.39 is 0 Å². The van der Waals surface area contributed by atoms with Crippen LogP contribution in [0.5, 0.6) is 0 Å². The molecule has 0 radical (unpaired) electrons. The number of likely N-dealkylation sites (tertiary alicyclic amines) is 1. The van der Waals surface area contributed by atoms with Gasteiger partial charge in [0.2, 0.25) is 0 Å². The Kier molecular flexibility index (Phi) is 4.45. The number of nitrogens with zero attached hydrogens (tertiary/aromatic N) is 1. The number of piperidine rings is 1. The fraction of sp³-hybridized carbons (Fsp3) is 1.00. The average Bonchev–Trinajstić information content (AvgIpc) is 2.73. The molecule has 2 fully saturated rings. The van der Waals surface area contributed by atoms with Gasteiger partial charge in [-0.15, -0.1) is 0 Å². The summed E-state index contributed by atoms with van der Waals surface area (Å²) in [6.07, 6.45) is 6.97. The first-order valence-corrected chi connectivity index (χ1v) is 7.08. The number of ether oxygens (including phenoxy) is 1. The molecular weight excluding hydrogens is 214 g/mol. The normalized spacial score (nSPS) is 39.7. The van der Waals surface area contributed by atoms with Crippen LogP contribution in [-0.4, -0.2) is 48.5 Å². The highest BCUT2D eigenvalue weighted by Gasteiger charge is 2.31. The molecule has 3 unspecified atom stereocenters. The van der Waals surface area contributed by atoms with Gasteiger partial charge in [0.25, 0.3) is 0 Å². The van der Waals surface area contributed by atoms with E-state index in [0.29, 0.717) is 5.92 Å². The second kappa shape index (κ2) is 5.68. The Morgan fingerprint density at radius 2 is 2.18 bits per heavy atom. The molecule has 0 aromatic carbocycles. The molecule has 1 saturated heterocycles. The molecular formula is C14H27NO2. The van der Waals surface area contributed by atoms with Gasteiger partial charge in [-0.1, -0.05) is 6.42 Å². The van der Waals surface area contributed by atoms with Crippen LogP contribution in [-0.2, 0) is 4.74 Å². The second-order valence-corrected chi connectivity index (χ2v) is 6.08. The third-order valence-electron chi connectivity index (χ3n) is 4.67. The highest BCUT2D eigenvalue weighted by molar-refractivity contribution is 4.85. The number of hydrogen-bond acceptors (Lipinski definition) is 3. The van der Waals surface area contributed by atoms with Gasteiger partial charge in [-0.25, -0.2) is 0 Å².